The molecule has 0 heterocycles. The Kier molecular flexibility index (Phi) is 6.49. The molecule has 0 atom stereocenters. The van der Waals surface area contributed by atoms with Crippen LogP contribution < -0.4 is 10.6 Å². The Morgan fingerprint density at radius 2 is 1.62 bits per heavy atom. The second kappa shape index (κ2) is 7.66. The van der Waals surface area contributed by atoms with E-state index in [1.54, 1.807) is 0 Å². The highest BCUT2D eigenvalue weighted by atomic mass is 16.4. The van der Waals surface area contributed by atoms with Crippen molar-refractivity contribution >= 4 is 12.0 Å². The average Bonchev–Trinajstić information content (AvgIpc) is 2.75. The number of carbonyl (C=O) groups is 2. The molecule has 1 fully saturated rings. The summed E-state index contributed by atoms with van der Waals surface area (Å²) in [6.45, 7) is 9.27. The molecule has 1 aliphatic carbocycles. The van der Waals surface area contributed by atoms with Gasteiger partial charge in [-0.05, 0) is 30.6 Å². The fourth-order valence-electron chi connectivity index (χ4n) is 3.42. The first-order chi connectivity index (χ1) is 9.76. The van der Waals surface area contributed by atoms with E-state index in [2.05, 4.69) is 38.3 Å². The summed E-state index contributed by atoms with van der Waals surface area (Å²) < 4.78 is 0. The van der Waals surface area contributed by atoms with Gasteiger partial charge in [0.05, 0.1) is 12.0 Å². The highest BCUT2D eigenvalue weighted by Gasteiger charge is 2.37. The zero-order valence-electron chi connectivity index (χ0n) is 13.7. The van der Waals surface area contributed by atoms with E-state index in [0.717, 1.165) is 25.7 Å². The Hall–Kier alpha value is -1.26. The fourth-order valence-corrected chi connectivity index (χ4v) is 3.42. The van der Waals surface area contributed by atoms with Crippen molar-refractivity contribution in [3.8, 4) is 0 Å². The summed E-state index contributed by atoms with van der Waals surface area (Å²) in [4.78, 5) is 23.1. The molecule has 1 aliphatic rings. The molecule has 1 rings (SSSR count). The van der Waals surface area contributed by atoms with Crippen LogP contribution in [0.1, 0.15) is 59.8 Å². The first-order valence-corrected chi connectivity index (χ1v) is 8.03. The van der Waals surface area contributed by atoms with E-state index in [-0.39, 0.29) is 12.5 Å². The number of carbonyl (C=O) groups excluding carboxylic acids is 1. The highest BCUT2D eigenvalue weighted by molar-refractivity contribution is 5.76. The number of nitrogens with one attached hydrogen (secondary N) is 2. The molecule has 0 spiro atoms. The Morgan fingerprint density at radius 1 is 1.10 bits per heavy atom. The highest BCUT2D eigenvalue weighted by Crippen LogP contribution is 2.32. The van der Waals surface area contributed by atoms with Gasteiger partial charge in [0.2, 0.25) is 0 Å². The van der Waals surface area contributed by atoms with Gasteiger partial charge in [-0.25, -0.2) is 4.79 Å². The van der Waals surface area contributed by atoms with Crippen molar-refractivity contribution in [2.24, 2.45) is 17.8 Å². The van der Waals surface area contributed by atoms with Crippen LogP contribution in [0.3, 0.4) is 0 Å². The summed E-state index contributed by atoms with van der Waals surface area (Å²) in [6, 6.07) is -0.232. The molecular formula is C16H30N2O3. The third-order valence-corrected chi connectivity index (χ3v) is 4.64. The zero-order chi connectivity index (χ0) is 16.0. The van der Waals surface area contributed by atoms with Crippen LogP contribution in [-0.4, -0.2) is 29.2 Å². The molecular weight excluding hydrogens is 268 g/mol. The number of aliphatic carboxylic acids is 1. The molecule has 0 aromatic rings. The lowest BCUT2D eigenvalue weighted by Crippen LogP contribution is -2.52. The van der Waals surface area contributed by atoms with Crippen LogP contribution in [0.2, 0.25) is 0 Å². The van der Waals surface area contributed by atoms with Crippen molar-refractivity contribution < 1.29 is 14.7 Å². The molecule has 0 aromatic carbocycles. The predicted octanol–water partition coefficient (Wildman–Crippen LogP) is 3.00. The first kappa shape index (κ1) is 17.8. The second-order valence-corrected chi connectivity index (χ2v) is 7.04. The number of carboxylic acid groups (broad SMARTS) is 1. The van der Waals surface area contributed by atoms with E-state index in [1.807, 2.05) is 0 Å². The van der Waals surface area contributed by atoms with E-state index in [9.17, 15) is 9.59 Å². The lowest BCUT2D eigenvalue weighted by molar-refractivity contribution is -0.138. The number of urea groups is 1. The van der Waals surface area contributed by atoms with E-state index < -0.39 is 11.5 Å². The summed E-state index contributed by atoms with van der Waals surface area (Å²) in [5.74, 6) is 0.587. The molecule has 0 radical (unpaired) electrons. The van der Waals surface area contributed by atoms with Gasteiger partial charge in [-0.1, -0.05) is 40.5 Å². The van der Waals surface area contributed by atoms with Crippen LogP contribution in [0.25, 0.3) is 0 Å². The van der Waals surface area contributed by atoms with Crippen LogP contribution in [0.15, 0.2) is 0 Å². The van der Waals surface area contributed by atoms with E-state index in [0.29, 0.717) is 24.3 Å². The van der Waals surface area contributed by atoms with Gasteiger partial charge < -0.3 is 15.7 Å². The molecule has 5 nitrogen and oxygen atoms in total. The summed E-state index contributed by atoms with van der Waals surface area (Å²) in [5, 5.41) is 14.9. The number of carboxylic acids is 1. The lowest BCUT2D eigenvalue weighted by Gasteiger charge is -2.30. The molecule has 0 saturated heterocycles. The SMILES string of the molecule is CC(C)C(CNC(=O)NC1(CC(=O)O)CCCC1)C(C)C. The maximum atomic E-state index is 12.1. The molecule has 2 amide bonds. The van der Waals surface area contributed by atoms with Gasteiger partial charge in [0.25, 0.3) is 0 Å². The minimum atomic E-state index is -0.848. The van der Waals surface area contributed by atoms with Crippen molar-refractivity contribution in [1.82, 2.24) is 10.6 Å². The lowest BCUT2D eigenvalue weighted by atomic mass is 9.85. The number of hydrogen-bond acceptors (Lipinski definition) is 2. The molecule has 1 saturated carbocycles. The second-order valence-electron chi connectivity index (χ2n) is 7.04. The maximum absolute atomic E-state index is 12.1. The van der Waals surface area contributed by atoms with Gasteiger partial charge in [0.15, 0.2) is 0 Å². The molecule has 5 heteroatoms. The molecule has 0 aliphatic heterocycles. The van der Waals surface area contributed by atoms with Crippen LogP contribution in [0.4, 0.5) is 4.79 Å². The largest absolute Gasteiger partial charge is 0.481 e. The van der Waals surface area contributed by atoms with Crippen molar-refractivity contribution in [2.45, 2.75) is 65.3 Å². The topological polar surface area (TPSA) is 78.4 Å². The first-order valence-electron chi connectivity index (χ1n) is 8.03. The third-order valence-electron chi connectivity index (χ3n) is 4.64. The summed E-state index contributed by atoms with van der Waals surface area (Å²) in [6.07, 6.45) is 3.48. The minimum absolute atomic E-state index is 0.0121. The monoisotopic (exact) mass is 298 g/mol. The molecule has 0 aromatic heterocycles. The summed E-state index contributed by atoms with van der Waals surface area (Å²) >= 11 is 0. The Bertz CT molecular complexity index is 353. The van der Waals surface area contributed by atoms with Gasteiger partial charge in [-0.3, -0.25) is 4.79 Å². The van der Waals surface area contributed by atoms with Crippen molar-refractivity contribution in [3.63, 3.8) is 0 Å². The quantitative estimate of drug-likeness (QED) is 0.676. The van der Waals surface area contributed by atoms with Crippen molar-refractivity contribution in [1.29, 1.82) is 0 Å². The average molecular weight is 298 g/mol. The molecule has 122 valence electrons. The van der Waals surface area contributed by atoms with Crippen LogP contribution in [-0.2, 0) is 4.79 Å². The van der Waals surface area contributed by atoms with Crippen LogP contribution in [0.5, 0.6) is 0 Å². The minimum Gasteiger partial charge on any atom is -0.481 e. The Labute approximate surface area is 127 Å². The van der Waals surface area contributed by atoms with Crippen molar-refractivity contribution in [2.75, 3.05) is 6.54 Å². The van der Waals surface area contributed by atoms with E-state index in [1.165, 1.54) is 0 Å². The summed E-state index contributed by atoms with van der Waals surface area (Å²) in [7, 11) is 0. The van der Waals surface area contributed by atoms with Crippen LogP contribution in [0, 0.1) is 17.8 Å². The van der Waals surface area contributed by atoms with Gasteiger partial charge in [-0.15, -0.1) is 0 Å². The number of hydrogen-bond donors (Lipinski definition) is 3. The van der Waals surface area contributed by atoms with Gasteiger partial charge in [0, 0.05) is 6.54 Å². The zero-order valence-corrected chi connectivity index (χ0v) is 13.7. The van der Waals surface area contributed by atoms with Gasteiger partial charge in [0.1, 0.15) is 0 Å². The van der Waals surface area contributed by atoms with E-state index in [4.69, 9.17) is 5.11 Å². The van der Waals surface area contributed by atoms with Gasteiger partial charge >= 0.3 is 12.0 Å². The predicted molar refractivity (Wildman–Crippen MR) is 83.2 cm³/mol. The Balaban J connectivity index is 2.53. The number of amides is 2. The van der Waals surface area contributed by atoms with Gasteiger partial charge in [-0.2, -0.15) is 0 Å². The summed E-state index contributed by atoms with van der Waals surface area (Å²) in [5.41, 5.74) is -0.554. The smallest absolute Gasteiger partial charge is 0.315 e. The normalized spacial score (nSPS) is 17.5. The molecule has 21 heavy (non-hydrogen) atoms. The third kappa shape index (κ3) is 5.56. The molecule has 3 N–H and O–H groups in total. The van der Waals surface area contributed by atoms with E-state index >= 15 is 0 Å². The van der Waals surface area contributed by atoms with Crippen molar-refractivity contribution in [3.05, 3.63) is 0 Å². The number of rotatable bonds is 7. The molecule has 0 unspecified atom stereocenters. The standard InChI is InChI=1S/C16H30N2O3/c1-11(2)13(12(3)4)10-17-15(21)18-16(9-14(19)20)7-5-6-8-16/h11-13H,5-10H2,1-4H3,(H,19,20)(H2,17,18,21). The van der Waals surface area contributed by atoms with Crippen LogP contribution >= 0.6 is 0 Å². The fraction of sp³-hybridized carbons (Fsp3) is 0.875. The Morgan fingerprint density at radius 3 is 2.05 bits per heavy atom. The maximum Gasteiger partial charge on any atom is 0.315 e. The molecule has 0 bridgehead atoms.